The number of nitrogens with zero attached hydrogens (tertiary/aromatic N) is 3. The summed E-state index contributed by atoms with van der Waals surface area (Å²) in [6, 6.07) is 19.9. The molecule has 1 atom stereocenters. The van der Waals surface area contributed by atoms with Gasteiger partial charge in [0.05, 0.1) is 5.56 Å². The van der Waals surface area contributed by atoms with E-state index < -0.39 is 6.04 Å². The Bertz CT molecular complexity index is 1420. The van der Waals surface area contributed by atoms with Gasteiger partial charge in [-0.25, -0.2) is 4.39 Å². The van der Waals surface area contributed by atoms with Gasteiger partial charge in [0.1, 0.15) is 23.4 Å². The number of fused-ring (bicyclic) bond motifs is 1. The number of piperidine rings is 1. The summed E-state index contributed by atoms with van der Waals surface area (Å²) < 4.78 is 19.3. The van der Waals surface area contributed by atoms with Gasteiger partial charge < -0.3 is 24.8 Å². The van der Waals surface area contributed by atoms with E-state index in [9.17, 15) is 14.0 Å². The minimum atomic E-state index is -0.546. The van der Waals surface area contributed by atoms with Crippen LogP contribution in [0.1, 0.15) is 48.2 Å². The Morgan fingerprint density at radius 3 is 2.42 bits per heavy atom. The molecule has 1 unspecified atom stereocenters. The van der Waals surface area contributed by atoms with Crippen molar-refractivity contribution >= 4 is 17.5 Å². The third-order valence-corrected chi connectivity index (χ3v) is 8.66. The highest BCUT2D eigenvalue weighted by Gasteiger charge is 2.39. The molecular weight excluding hydrogens is 543 g/mol. The van der Waals surface area contributed by atoms with Crippen molar-refractivity contribution in [3.05, 3.63) is 89.2 Å². The number of para-hydroxylation sites is 1. The van der Waals surface area contributed by atoms with Crippen molar-refractivity contribution in [3.8, 4) is 11.5 Å². The van der Waals surface area contributed by atoms with Crippen LogP contribution in [0.4, 0.5) is 10.1 Å². The fourth-order valence-corrected chi connectivity index (χ4v) is 6.12. The first-order valence-electron chi connectivity index (χ1n) is 15.4. The Balaban J connectivity index is 1.25. The smallest absolute Gasteiger partial charge is 0.256 e. The van der Waals surface area contributed by atoms with Crippen molar-refractivity contribution in [1.29, 1.82) is 0 Å². The average molecular weight is 587 g/mol. The van der Waals surface area contributed by atoms with Gasteiger partial charge in [0.25, 0.3) is 5.91 Å². The molecule has 5 rings (SSSR count). The number of likely N-dealkylation sites (N-methyl/N-ethyl adjacent to an activating group) is 1. The lowest BCUT2D eigenvalue weighted by Gasteiger charge is -2.39. The molecule has 1 saturated heterocycles. The lowest BCUT2D eigenvalue weighted by molar-refractivity contribution is -0.138. The van der Waals surface area contributed by atoms with Crippen molar-refractivity contribution < 1.29 is 18.7 Å². The number of carbonyl (C=O) groups excluding carboxylic acids is 2. The number of likely N-dealkylation sites (tertiary alicyclic amines) is 1. The highest BCUT2D eigenvalue weighted by Crippen LogP contribution is 2.33. The number of nitrogens with one attached hydrogen (secondary N) is 1. The summed E-state index contributed by atoms with van der Waals surface area (Å²) in [7, 11) is 1.98. The fourth-order valence-electron chi connectivity index (χ4n) is 6.12. The summed E-state index contributed by atoms with van der Waals surface area (Å²) in [4.78, 5) is 33.9. The first-order valence-corrected chi connectivity index (χ1v) is 15.4. The van der Waals surface area contributed by atoms with E-state index in [-0.39, 0.29) is 23.5 Å². The van der Waals surface area contributed by atoms with Crippen LogP contribution < -0.4 is 15.0 Å². The molecule has 2 amide bonds. The van der Waals surface area contributed by atoms with Crippen LogP contribution in [0.5, 0.6) is 11.5 Å². The van der Waals surface area contributed by atoms with E-state index in [1.165, 1.54) is 12.1 Å². The standard InChI is InChI=1S/C35H43FN4O3/c1-24(2)33(35(42)39-19-16-28(17-20-39)37-18-15-26-9-11-27(36)12-10-26)40-22-21-38(4)31-14-13-29(23-30(31)34(40)41)43-32-8-6-5-7-25(32)3/h5-14,23-24,28,33,37H,15-22H2,1-4H3. The monoisotopic (exact) mass is 586 g/mol. The van der Waals surface area contributed by atoms with Gasteiger partial charge in [-0.2, -0.15) is 0 Å². The molecular formula is C35H43FN4O3. The van der Waals surface area contributed by atoms with Gasteiger partial charge in [-0.15, -0.1) is 0 Å². The molecule has 0 aliphatic carbocycles. The molecule has 1 N–H and O–H groups in total. The van der Waals surface area contributed by atoms with Gasteiger partial charge >= 0.3 is 0 Å². The van der Waals surface area contributed by atoms with E-state index >= 15 is 0 Å². The van der Waals surface area contributed by atoms with E-state index in [0.29, 0.717) is 43.5 Å². The largest absolute Gasteiger partial charge is 0.457 e. The normalized spacial score (nSPS) is 16.7. The van der Waals surface area contributed by atoms with E-state index in [2.05, 4.69) is 10.2 Å². The summed E-state index contributed by atoms with van der Waals surface area (Å²) in [5.41, 5.74) is 3.50. The maximum atomic E-state index is 14.1. The number of hydrogen-bond donors (Lipinski definition) is 1. The third-order valence-electron chi connectivity index (χ3n) is 8.66. The van der Waals surface area contributed by atoms with Crippen molar-refractivity contribution in [2.24, 2.45) is 5.92 Å². The van der Waals surface area contributed by atoms with E-state index in [4.69, 9.17) is 4.74 Å². The van der Waals surface area contributed by atoms with Gasteiger partial charge in [-0.05, 0) is 86.2 Å². The predicted molar refractivity (Wildman–Crippen MR) is 168 cm³/mol. The number of rotatable bonds is 9. The van der Waals surface area contributed by atoms with Crippen molar-refractivity contribution in [1.82, 2.24) is 15.1 Å². The molecule has 0 radical (unpaired) electrons. The van der Waals surface area contributed by atoms with E-state index in [0.717, 1.165) is 48.4 Å². The molecule has 2 aliphatic heterocycles. The molecule has 0 bridgehead atoms. The molecule has 0 saturated carbocycles. The second-order valence-electron chi connectivity index (χ2n) is 12.1. The van der Waals surface area contributed by atoms with Crippen molar-refractivity contribution in [2.45, 2.75) is 52.1 Å². The topological polar surface area (TPSA) is 65.1 Å². The maximum absolute atomic E-state index is 14.1. The number of aryl methyl sites for hydroxylation is 1. The Morgan fingerprint density at radius 1 is 1.00 bits per heavy atom. The zero-order valence-corrected chi connectivity index (χ0v) is 25.7. The number of amides is 2. The minimum absolute atomic E-state index is 0.0199. The molecule has 7 nitrogen and oxygen atoms in total. The molecule has 1 fully saturated rings. The van der Waals surface area contributed by atoms with Crippen LogP contribution in [0, 0.1) is 18.7 Å². The average Bonchev–Trinajstić information content (AvgIpc) is 3.11. The first-order chi connectivity index (χ1) is 20.7. The Labute approximate surface area is 254 Å². The van der Waals surface area contributed by atoms with E-state index in [1.54, 1.807) is 4.90 Å². The summed E-state index contributed by atoms with van der Waals surface area (Å²) in [5, 5.41) is 3.60. The quantitative estimate of drug-likeness (QED) is 0.350. The van der Waals surface area contributed by atoms with Gasteiger partial charge in [-0.3, -0.25) is 9.59 Å². The van der Waals surface area contributed by atoms with Gasteiger partial charge in [0.2, 0.25) is 5.91 Å². The first kappa shape index (κ1) is 30.5. The highest BCUT2D eigenvalue weighted by atomic mass is 19.1. The molecule has 8 heteroatoms. The van der Waals surface area contributed by atoms with Gasteiger partial charge in [-0.1, -0.05) is 44.2 Å². The lowest BCUT2D eigenvalue weighted by Crippen LogP contribution is -2.56. The fraction of sp³-hybridized carbons (Fsp3) is 0.429. The van der Waals surface area contributed by atoms with E-state index in [1.807, 2.05) is 87.3 Å². The maximum Gasteiger partial charge on any atom is 0.256 e. The minimum Gasteiger partial charge on any atom is -0.457 e. The zero-order valence-electron chi connectivity index (χ0n) is 25.7. The van der Waals surface area contributed by atoms with Gasteiger partial charge in [0.15, 0.2) is 0 Å². The van der Waals surface area contributed by atoms with Crippen LogP contribution in [0.2, 0.25) is 0 Å². The van der Waals surface area contributed by atoms with Crippen LogP contribution in [-0.2, 0) is 11.2 Å². The molecule has 3 aromatic rings. The molecule has 0 spiro atoms. The summed E-state index contributed by atoms with van der Waals surface area (Å²) in [6.07, 6.45) is 2.55. The molecule has 2 aliphatic rings. The number of carbonyl (C=O) groups is 2. The highest BCUT2D eigenvalue weighted by molar-refractivity contribution is 6.03. The number of anilines is 1. The third kappa shape index (κ3) is 7.19. The van der Waals surface area contributed by atoms with Crippen LogP contribution >= 0.6 is 0 Å². The van der Waals surface area contributed by atoms with Crippen LogP contribution in [0.3, 0.4) is 0 Å². The zero-order chi connectivity index (χ0) is 30.5. The summed E-state index contributed by atoms with van der Waals surface area (Å²) in [5.74, 6) is 0.964. The molecule has 228 valence electrons. The molecule has 2 heterocycles. The summed E-state index contributed by atoms with van der Waals surface area (Å²) >= 11 is 0. The molecule has 3 aromatic carbocycles. The number of ether oxygens (including phenoxy) is 1. The van der Waals surface area contributed by atoms with Crippen LogP contribution in [0.25, 0.3) is 0 Å². The SMILES string of the molecule is Cc1ccccc1Oc1ccc2c(c1)C(=O)N(C(C(=O)N1CCC(NCCc3ccc(F)cc3)CC1)C(C)C)CCN2C. The molecule has 0 aromatic heterocycles. The predicted octanol–water partition coefficient (Wildman–Crippen LogP) is 5.67. The van der Waals surface area contributed by atoms with Crippen molar-refractivity contribution in [2.75, 3.05) is 44.7 Å². The van der Waals surface area contributed by atoms with Crippen LogP contribution in [-0.4, -0.2) is 73.5 Å². The Morgan fingerprint density at radius 2 is 1.72 bits per heavy atom. The second kappa shape index (κ2) is 13.6. The number of hydrogen-bond acceptors (Lipinski definition) is 5. The number of benzene rings is 3. The second-order valence-corrected chi connectivity index (χ2v) is 12.1. The number of halogens is 1. The van der Waals surface area contributed by atoms with Gasteiger partial charge in [0, 0.05) is 45.0 Å². The lowest BCUT2D eigenvalue weighted by atomic mass is 9.97. The Hall–Kier alpha value is -3.91. The van der Waals surface area contributed by atoms with Crippen molar-refractivity contribution in [3.63, 3.8) is 0 Å². The van der Waals surface area contributed by atoms with Crippen LogP contribution in [0.15, 0.2) is 66.7 Å². The molecule has 43 heavy (non-hydrogen) atoms. The Kier molecular flexibility index (Phi) is 9.65. The summed E-state index contributed by atoms with van der Waals surface area (Å²) in [6.45, 7) is 9.25.